The first-order valence-corrected chi connectivity index (χ1v) is 11.5. The SMILES string of the molecule is C[C@@H]1CCC[C@H](C)N1CCCCCn1c(=O)c(-c2ccnc(N)n2)cc2ccccc21. The van der Waals surface area contributed by atoms with Crippen molar-refractivity contribution in [2.75, 3.05) is 12.3 Å². The Kier molecular flexibility index (Phi) is 6.66. The van der Waals surface area contributed by atoms with Gasteiger partial charge in [-0.05, 0) is 69.7 Å². The van der Waals surface area contributed by atoms with Crippen LogP contribution in [0.5, 0.6) is 0 Å². The number of likely N-dealkylation sites (tertiary alicyclic amines) is 1. The Labute approximate surface area is 184 Å². The highest BCUT2D eigenvalue weighted by Gasteiger charge is 2.23. The van der Waals surface area contributed by atoms with E-state index in [1.165, 1.54) is 25.7 Å². The molecule has 164 valence electrons. The van der Waals surface area contributed by atoms with E-state index in [-0.39, 0.29) is 11.5 Å². The molecule has 0 aliphatic carbocycles. The fourth-order valence-corrected chi connectivity index (χ4v) is 4.91. The lowest BCUT2D eigenvalue weighted by Crippen LogP contribution is -2.44. The van der Waals surface area contributed by atoms with Crippen molar-refractivity contribution in [2.45, 2.75) is 71.0 Å². The summed E-state index contributed by atoms with van der Waals surface area (Å²) in [4.78, 5) is 24.2. The molecule has 0 spiro atoms. The van der Waals surface area contributed by atoms with Crippen LogP contribution < -0.4 is 11.3 Å². The largest absolute Gasteiger partial charge is 0.368 e. The molecule has 0 bridgehead atoms. The summed E-state index contributed by atoms with van der Waals surface area (Å²) in [5.74, 6) is 0.178. The molecule has 2 aromatic heterocycles. The van der Waals surface area contributed by atoms with E-state index < -0.39 is 0 Å². The Morgan fingerprint density at radius 3 is 2.55 bits per heavy atom. The molecule has 4 rings (SSSR count). The molecule has 0 saturated carbocycles. The number of para-hydroxylation sites is 1. The van der Waals surface area contributed by atoms with E-state index in [0.29, 0.717) is 29.9 Å². The fourth-order valence-electron chi connectivity index (χ4n) is 4.91. The van der Waals surface area contributed by atoms with Gasteiger partial charge in [-0.1, -0.05) is 31.0 Å². The summed E-state index contributed by atoms with van der Waals surface area (Å²) in [6, 6.07) is 13.1. The molecule has 0 amide bonds. The summed E-state index contributed by atoms with van der Waals surface area (Å²) in [6.45, 7) is 6.57. The van der Waals surface area contributed by atoms with Gasteiger partial charge < -0.3 is 10.3 Å². The lowest BCUT2D eigenvalue weighted by Gasteiger charge is -2.39. The Morgan fingerprint density at radius 1 is 1.03 bits per heavy atom. The van der Waals surface area contributed by atoms with Gasteiger partial charge in [0.2, 0.25) is 5.95 Å². The minimum atomic E-state index is -0.0184. The summed E-state index contributed by atoms with van der Waals surface area (Å²) in [5.41, 5.74) is 7.85. The molecule has 6 heteroatoms. The maximum Gasteiger partial charge on any atom is 0.260 e. The third kappa shape index (κ3) is 4.79. The fraction of sp³-hybridized carbons (Fsp3) is 0.480. The molecule has 2 atom stereocenters. The van der Waals surface area contributed by atoms with Crippen molar-refractivity contribution in [2.24, 2.45) is 0 Å². The molecule has 0 radical (unpaired) electrons. The molecule has 1 aromatic carbocycles. The number of pyridine rings is 1. The number of rotatable bonds is 7. The molecule has 0 unspecified atom stereocenters. The van der Waals surface area contributed by atoms with Crippen LogP contribution in [0.25, 0.3) is 22.2 Å². The zero-order valence-corrected chi connectivity index (χ0v) is 18.6. The van der Waals surface area contributed by atoms with E-state index in [1.807, 2.05) is 34.9 Å². The molecule has 31 heavy (non-hydrogen) atoms. The van der Waals surface area contributed by atoms with Crippen LogP contribution in [0, 0.1) is 0 Å². The van der Waals surface area contributed by atoms with Crippen molar-refractivity contribution in [3.8, 4) is 11.3 Å². The van der Waals surface area contributed by atoms with E-state index in [1.54, 1.807) is 12.3 Å². The number of benzene rings is 1. The van der Waals surface area contributed by atoms with Gasteiger partial charge in [-0.25, -0.2) is 9.97 Å². The number of piperidine rings is 1. The predicted molar refractivity (Wildman–Crippen MR) is 127 cm³/mol. The minimum absolute atomic E-state index is 0.0184. The van der Waals surface area contributed by atoms with E-state index in [0.717, 1.165) is 30.3 Å². The number of unbranched alkanes of at least 4 members (excludes halogenated alkanes) is 2. The Balaban J connectivity index is 1.49. The summed E-state index contributed by atoms with van der Waals surface area (Å²) in [7, 11) is 0. The number of fused-ring (bicyclic) bond motifs is 1. The van der Waals surface area contributed by atoms with Gasteiger partial charge in [-0.2, -0.15) is 0 Å². The number of aryl methyl sites for hydroxylation is 1. The molecule has 1 saturated heterocycles. The van der Waals surface area contributed by atoms with E-state index in [2.05, 4.69) is 28.7 Å². The maximum atomic E-state index is 13.3. The maximum absolute atomic E-state index is 13.3. The van der Waals surface area contributed by atoms with Gasteiger partial charge in [0.05, 0.1) is 16.8 Å². The van der Waals surface area contributed by atoms with Gasteiger partial charge in [-0.3, -0.25) is 9.69 Å². The van der Waals surface area contributed by atoms with Crippen LogP contribution in [-0.4, -0.2) is 38.1 Å². The van der Waals surface area contributed by atoms with Gasteiger partial charge in [0.15, 0.2) is 0 Å². The number of nitrogen functional groups attached to an aromatic ring is 1. The number of hydrogen-bond acceptors (Lipinski definition) is 5. The normalized spacial score (nSPS) is 19.7. The molecule has 1 aliphatic heterocycles. The molecular weight excluding hydrogens is 386 g/mol. The smallest absolute Gasteiger partial charge is 0.260 e. The quantitative estimate of drug-likeness (QED) is 0.572. The van der Waals surface area contributed by atoms with Crippen LogP contribution in [0.15, 0.2) is 47.4 Å². The highest BCUT2D eigenvalue weighted by Crippen LogP contribution is 2.23. The minimum Gasteiger partial charge on any atom is -0.368 e. The van der Waals surface area contributed by atoms with Crippen LogP contribution in [-0.2, 0) is 6.54 Å². The molecule has 2 N–H and O–H groups in total. The molecule has 1 fully saturated rings. The first kappa shape index (κ1) is 21.5. The summed E-state index contributed by atoms with van der Waals surface area (Å²) < 4.78 is 1.90. The topological polar surface area (TPSA) is 77.0 Å². The van der Waals surface area contributed by atoms with Crippen LogP contribution in [0.1, 0.15) is 52.4 Å². The number of nitrogens with two attached hydrogens (primary N) is 1. The average molecular weight is 420 g/mol. The molecule has 3 aromatic rings. The second-order valence-corrected chi connectivity index (χ2v) is 8.80. The third-order valence-electron chi connectivity index (χ3n) is 6.63. The second kappa shape index (κ2) is 9.60. The Morgan fingerprint density at radius 2 is 1.77 bits per heavy atom. The summed E-state index contributed by atoms with van der Waals surface area (Å²) >= 11 is 0. The highest BCUT2D eigenvalue weighted by atomic mass is 16.1. The summed E-state index contributed by atoms with van der Waals surface area (Å²) in [6.07, 6.45) is 8.83. The van der Waals surface area contributed by atoms with Crippen molar-refractivity contribution in [3.63, 3.8) is 0 Å². The number of anilines is 1. The average Bonchev–Trinajstić information content (AvgIpc) is 2.76. The van der Waals surface area contributed by atoms with Gasteiger partial charge in [0.25, 0.3) is 5.56 Å². The molecule has 1 aliphatic rings. The zero-order chi connectivity index (χ0) is 21.8. The Bertz CT molecular complexity index is 1080. The van der Waals surface area contributed by atoms with Crippen molar-refractivity contribution in [1.82, 2.24) is 19.4 Å². The number of hydrogen-bond donors (Lipinski definition) is 1. The van der Waals surface area contributed by atoms with Crippen molar-refractivity contribution < 1.29 is 0 Å². The number of nitrogens with zero attached hydrogens (tertiary/aromatic N) is 4. The van der Waals surface area contributed by atoms with E-state index >= 15 is 0 Å². The van der Waals surface area contributed by atoms with Crippen LogP contribution in [0.3, 0.4) is 0 Å². The first-order valence-electron chi connectivity index (χ1n) is 11.5. The number of aromatic nitrogens is 3. The first-order chi connectivity index (χ1) is 15.0. The standard InChI is InChI=1S/C25H33N5O/c1-18-9-8-10-19(2)29(18)15-6-3-7-16-30-23-12-5-4-11-20(23)17-21(24(30)31)22-13-14-27-25(26)28-22/h4-5,11-14,17-19H,3,6-10,15-16H2,1-2H3,(H2,26,27,28)/t18-,19+. The van der Waals surface area contributed by atoms with Gasteiger partial charge >= 0.3 is 0 Å². The van der Waals surface area contributed by atoms with Crippen LogP contribution in [0.2, 0.25) is 0 Å². The van der Waals surface area contributed by atoms with E-state index in [9.17, 15) is 4.79 Å². The summed E-state index contributed by atoms with van der Waals surface area (Å²) in [5, 5.41) is 1.03. The van der Waals surface area contributed by atoms with E-state index in [4.69, 9.17) is 5.73 Å². The van der Waals surface area contributed by atoms with Crippen LogP contribution >= 0.6 is 0 Å². The van der Waals surface area contributed by atoms with Crippen molar-refractivity contribution in [3.05, 3.63) is 52.9 Å². The lowest BCUT2D eigenvalue weighted by atomic mass is 9.97. The third-order valence-corrected chi connectivity index (χ3v) is 6.63. The lowest BCUT2D eigenvalue weighted by molar-refractivity contribution is 0.101. The predicted octanol–water partition coefficient (Wildman–Crippen LogP) is 4.47. The Hall–Kier alpha value is -2.73. The molecule has 6 nitrogen and oxygen atoms in total. The van der Waals surface area contributed by atoms with Crippen molar-refractivity contribution >= 4 is 16.9 Å². The van der Waals surface area contributed by atoms with Crippen molar-refractivity contribution in [1.29, 1.82) is 0 Å². The molecule has 3 heterocycles. The zero-order valence-electron chi connectivity index (χ0n) is 18.6. The van der Waals surface area contributed by atoms with Gasteiger partial charge in [0.1, 0.15) is 0 Å². The van der Waals surface area contributed by atoms with Crippen LogP contribution in [0.4, 0.5) is 5.95 Å². The highest BCUT2D eigenvalue weighted by molar-refractivity contribution is 5.83. The second-order valence-electron chi connectivity index (χ2n) is 8.80. The molecular formula is C25H33N5O. The van der Waals surface area contributed by atoms with Gasteiger partial charge in [0, 0.05) is 24.8 Å². The van der Waals surface area contributed by atoms with Gasteiger partial charge in [-0.15, -0.1) is 0 Å². The monoisotopic (exact) mass is 419 g/mol.